The Morgan fingerprint density at radius 2 is 1.79 bits per heavy atom. The lowest BCUT2D eigenvalue weighted by atomic mass is 10.1. The summed E-state index contributed by atoms with van der Waals surface area (Å²) in [6.07, 6.45) is 0.584. The third-order valence-corrected chi connectivity index (χ3v) is 7.09. The topological polar surface area (TPSA) is 109 Å². The monoisotopic (exact) mass is 541 g/mol. The summed E-state index contributed by atoms with van der Waals surface area (Å²) in [6.45, 7) is 0.412. The molecule has 0 bridgehead atoms. The summed E-state index contributed by atoms with van der Waals surface area (Å²) in [5, 5.41) is 3.20. The Balaban J connectivity index is 1.52. The summed E-state index contributed by atoms with van der Waals surface area (Å²) in [4.78, 5) is 42.5. The highest BCUT2D eigenvalue weighted by atomic mass is 32.2. The molecular formula is C26H28FN5O5S. The number of ether oxygens (including phenoxy) is 2. The fourth-order valence-corrected chi connectivity index (χ4v) is 4.87. The van der Waals surface area contributed by atoms with Crippen molar-refractivity contribution in [3.05, 3.63) is 80.2 Å². The molecule has 0 aliphatic rings. The molecule has 10 nitrogen and oxygen atoms in total. The first-order valence-electron chi connectivity index (χ1n) is 11.7. The van der Waals surface area contributed by atoms with Crippen molar-refractivity contribution in [2.24, 2.45) is 14.1 Å². The van der Waals surface area contributed by atoms with E-state index in [0.717, 1.165) is 21.9 Å². The van der Waals surface area contributed by atoms with Crippen LogP contribution in [0.3, 0.4) is 0 Å². The van der Waals surface area contributed by atoms with Crippen LogP contribution >= 0.6 is 11.8 Å². The van der Waals surface area contributed by atoms with E-state index in [4.69, 9.17) is 9.47 Å². The molecule has 0 fully saturated rings. The van der Waals surface area contributed by atoms with Gasteiger partial charge in [0.2, 0.25) is 5.91 Å². The predicted octanol–water partition coefficient (Wildman–Crippen LogP) is 2.09. The van der Waals surface area contributed by atoms with Crippen LogP contribution < -0.4 is 26.0 Å². The van der Waals surface area contributed by atoms with Crippen molar-refractivity contribution in [2.75, 3.05) is 26.5 Å². The van der Waals surface area contributed by atoms with Crippen LogP contribution in [-0.4, -0.2) is 51.1 Å². The highest BCUT2D eigenvalue weighted by Gasteiger charge is 2.21. The molecule has 12 heteroatoms. The average Bonchev–Trinajstić information content (AvgIpc) is 3.28. The molecule has 200 valence electrons. The lowest BCUT2D eigenvalue weighted by molar-refractivity contribution is -0.118. The van der Waals surface area contributed by atoms with Gasteiger partial charge in [0.1, 0.15) is 5.82 Å². The van der Waals surface area contributed by atoms with E-state index >= 15 is 0 Å². The number of rotatable bonds is 10. The number of amides is 1. The van der Waals surface area contributed by atoms with Gasteiger partial charge in [-0.25, -0.2) is 14.2 Å². The molecule has 4 aromatic rings. The number of nitrogens with one attached hydrogen (secondary N) is 1. The van der Waals surface area contributed by atoms with Crippen LogP contribution in [0.1, 0.15) is 11.1 Å². The van der Waals surface area contributed by atoms with E-state index in [2.05, 4.69) is 10.3 Å². The number of thioether (sulfide) groups is 1. The SMILES string of the molecule is COc1ccc(CCNC(=O)CSc2nc3c(c(=O)n(C)c(=O)n3C)n2Cc2ccccc2F)cc1OC. The number of halogens is 1. The zero-order chi connectivity index (χ0) is 27.4. The number of fused-ring (bicyclic) bond motifs is 1. The number of methoxy groups -OCH3 is 2. The molecule has 0 aliphatic heterocycles. The molecular weight excluding hydrogens is 513 g/mol. The number of benzene rings is 2. The second-order valence-corrected chi connectivity index (χ2v) is 9.47. The quantitative estimate of drug-likeness (QED) is 0.306. The van der Waals surface area contributed by atoms with E-state index in [9.17, 15) is 18.8 Å². The molecule has 0 aliphatic carbocycles. The average molecular weight is 542 g/mol. The number of carbonyl (C=O) groups excluding carboxylic acids is 1. The van der Waals surface area contributed by atoms with Crippen LogP contribution in [0.4, 0.5) is 4.39 Å². The summed E-state index contributed by atoms with van der Waals surface area (Å²) in [5.74, 6) is 0.589. The van der Waals surface area contributed by atoms with Crippen LogP contribution in [0, 0.1) is 5.82 Å². The van der Waals surface area contributed by atoms with Crippen LogP contribution in [0.15, 0.2) is 57.2 Å². The van der Waals surface area contributed by atoms with E-state index in [1.807, 2.05) is 18.2 Å². The number of imidazole rings is 1. The maximum absolute atomic E-state index is 14.5. The highest BCUT2D eigenvalue weighted by molar-refractivity contribution is 7.99. The molecule has 2 aromatic carbocycles. The molecule has 0 spiro atoms. The summed E-state index contributed by atoms with van der Waals surface area (Å²) < 4.78 is 28.8. The second-order valence-electron chi connectivity index (χ2n) is 8.53. The van der Waals surface area contributed by atoms with E-state index in [0.29, 0.717) is 35.2 Å². The van der Waals surface area contributed by atoms with Gasteiger partial charge in [-0.1, -0.05) is 36.0 Å². The van der Waals surface area contributed by atoms with Gasteiger partial charge in [-0.2, -0.15) is 0 Å². The van der Waals surface area contributed by atoms with Crippen LogP contribution in [0.5, 0.6) is 11.5 Å². The lowest BCUT2D eigenvalue weighted by Gasteiger charge is -2.11. The van der Waals surface area contributed by atoms with E-state index in [1.54, 1.807) is 37.0 Å². The van der Waals surface area contributed by atoms with Gasteiger partial charge in [0.15, 0.2) is 27.8 Å². The normalized spacial score (nSPS) is 11.1. The standard InChI is InChI=1S/C26H28FN5O5S/c1-30-23-22(24(34)31(2)26(30)35)32(14-17-7-5-6-8-18(17)27)25(29-23)38-15-21(33)28-12-11-16-9-10-19(36-3)20(13-16)37-4/h5-10,13H,11-12,14-15H2,1-4H3,(H,28,33). The van der Waals surface area contributed by atoms with Crippen LogP contribution in [-0.2, 0) is 31.9 Å². The summed E-state index contributed by atoms with van der Waals surface area (Å²) >= 11 is 1.11. The Kier molecular flexibility index (Phi) is 8.20. The van der Waals surface area contributed by atoms with Crippen molar-refractivity contribution in [1.82, 2.24) is 24.0 Å². The minimum absolute atomic E-state index is 0.0138. The first-order valence-corrected chi connectivity index (χ1v) is 12.7. The largest absolute Gasteiger partial charge is 0.493 e. The van der Waals surface area contributed by atoms with Gasteiger partial charge in [-0.15, -0.1) is 0 Å². The Morgan fingerprint density at radius 1 is 1.05 bits per heavy atom. The smallest absolute Gasteiger partial charge is 0.332 e. The van der Waals surface area contributed by atoms with E-state index in [-0.39, 0.29) is 29.4 Å². The van der Waals surface area contributed by atoms with Gasteiger partial charge in [0.05, 0.1) is 26.5 Å². The van der Waals surface area contributed by atoms with E-state index < -0.39 is 17.1 Å². The molecule has 0 saturated carbocycles. The maximum atomic E-state index is 14.5. The number of hydrogen-bond acceptors (Lipinski definition) is 7. The van der Waals surface area contributed by atoms with E-state index in [1.165, 1.54) is 24.7 Å². The fourth-order valence-electron chi connectivity index (χ4n) is 4.04. The van der Waals surface area contributed by atoms with Crippen molar-refractivity contribution < 1.29 is 18.7 Å². The molecule has 2 aromatic heterocycles. The Labute approximate surface area is 222 Å². The van der Waals surface area contributed by atoms with Gasteiger partial charge in [-0.3, -0.25) is 18.7 Å². The number of aromatic nitrogens is 4. The van der Waals surface area contributed by atoms with Crippen LogP contribution in [0.25, 0.3) is 11.2 Å². The Morgan fingerprint density at radius 3 is 2.50 bits per heavy atom. The fraction of sp³-hybridized carbons (Fsp3) is 0.308. The van der Waals surface area contributed by atoms with Gasteiger partial charge in [0, 0.05) is 26.2 Å². The van der Waals surface area contributed by atoms with Gasteiger partial charge in [-0.05, 0) is 30.2 Å². The lowest BCUT2D eigenvalue weighted by Crippen LogP contribution is -2.37. The number of hydrogen-bond donors (Lipinski definition) is 1. The molecule has 2 heterocycles. The van der Waals surface area contributed by atoms with Gasteiger partial charge >= 0.3 is 5.69 Å². The minimum Gasteiger partial charge on any atom is -0.493 e. The van der Waals surface area contributed by atoms with Crippen LogP contribution in [0.2, 0.25) is 0 Å². The highest BCUT2D eigenvalue weighted by Crippen LogP contribution is 2.27. The second kappa shape index (κ2) is 11.5. The summed E-state index contributed by atoms with van der Waals surface area (Å²) in [7, 11) is 6.02. The molecule has 0 saturated heterocycles. The molecule has 1 N–H and O–H groups in total. The van der Waals surface area contributed by atoms with Crippen molar-refractivity contribution in [1.29, 1.82) is 0 Å². The molecule has 0 unspecified atom stereocenters. The molecule has 4 rings (SSSR count). The molecule has 0 atom stereocenters. The number of aryl methyl sites for hydroxylation is 1. The first kappa shape index (κ1) is 27.0. The molecule has 0 radical (unpaired) electrons. The van der Waals surface area contributed by atoms with Gasteiger partial charge in [0.25, 0.3) is 5.56 Å². The van der Waals surface area contributed by atoms with Crippen molar-refractivity contribution >= 4 is 28.8 Å². The summed E-state index contributed by atoms with van der Waals surface area (Å²) in [5.41, 5.74) is 0.587. The molecule has 38 heavy (non-hydrogen) atoms. The van der Waals surface area contributed by atoms with Crippen molar-refractivity contribution in [2.45, 2.75) is 18.1 Å². The third-order valence-electron chi connectivity index (χ3n) is 6.12. The molecule has 1 amide bonds. The summed E-state index contributed by atoms with van der Waals surface area (Å²) in [6, 6.07) is 11.8. The first-order chi connectivity index (χ1) is 18.2. The minimum atomic E-state index is -0.543. The van der Waals surface area contributed by atoms with Crippen molar-refractivity contribution in [3.8, 4) is 11.5 Å². The Bertz CT molecular complexity index is 1610. The number of carbonyl (C=O) groups is 1. The third kappa shape index (κ3) is 5.44. The Hall–Kier alpha value is -4.06. The van der Waals surface area contributed by atoms with Gasteiger partial charge < -0.3 is 19.4 Å². The zero-order valence-electron chi connectivity index (χ0n) is 21.5. The zero-order valence-corrected chi connectivity index (χ0v) is 22.3. The maximum Gasteiger partial charge on any atom is 0.332 e. The van der Waals surface area contributed by atoms with Crippen molar-refractivity contribution in [3.63, 3.8) is 0 Å². The predicted molar refractivity (Wildman–Crippen MR) is 143 cm³/mol. The number of nitrogens with zero attached hydrogens (tertiary/aromatic N) is 4.